The summed E-state index contributed by atoms with van der Waals surface area (Å²) in [5.41, 5.74) is 1.16. The number of amides is 3. The Hall–Kier alpha value is -3.32. The molecule has 0 saturated carbocycles. The predicted molar refractivity (Wildman–Crippen MR) is 108 cm³/mol. The van der Waals surface area contributed by atoms with Gasteiger partial charge < -0.3 is 4.90 Å². The normalized spacial score (nSPS) is 16.3. The van der Waals surface area contributed by atoms with Gasteiger partial charge in [0.15, 0.2) is 0 Å². The van der Waals surface area contributed by atoms with Crippen molar-refractivity contribution in [2.45, 2.75) is 19.0 Å². The molecule has 1 atom stereocenters. The Morgan fingerprint density at radius 3 is 2.41 bits per heavy atom. The molecule has 1 fully saturated rings. The molecule has 3 amide bonds. The number of rotatable bonds is 5. The molecule has 5 nitrogen and oxygen atoms in total. The van der Waals surface area contributed by atoms with E-state index >= 15 is 0 Å². The molecule has 1 unspecified atom stereocenters. The second-order valence-corrected chi connectivity index (χ2v) is 7.61. The molecule has 0 N–H and O–H groups in total. The van der Waals surface area contributed by atoms with E-state index in [0.29, 0.717) is 16.1 Å². The maximum Gasteiger partial charge on any atom is 0.264 e. The molecule has 0 radical (unpaired) electrons. The second-order valence-electron chi connectivity index (χ2n) is 6.66. The Morgan fingerprint density at radius 2 is 1.76 bits per heavy atom. The minimum absolute atomic E-state index is 0.0912. The van der Waals surface area contributed by atoms with E-state index in [4.69, 9.17) is 0 Å². The van der Waals surface area contributed by atoms with Gasteiger partial charge in [-0.2, -0.15) is 0 Å². The van der Waals surface area contributed by atoms with Crippen molar-refractivity contribution in [3.05, 3.63) is 88.4 Å². The molecule has 2 heterocycles. The molecule has 0 bridgehead atoms. The molecule has 7 heteroatoms. The third-order valence-corrected chi connectivity index (χ3v) is 5.63. The summed E-state index contributed by atoms with van der Waals surface area (Å²) in [6, 6.07) is 16.9. The van der Waals surface area contributed by atoms with Gasteiger partial charge in [0.1, 0.15) is 11.9 Å². The number of carbonyl (C=O) groups is 3. The lowest BCUT2D eigenvalue weighted by atomic mass is 10.1. The van der Waals surface area contributed by atoms with Crippen LogP contribution in [0.3, 0.4) is 0 Å². The van der Waals surface area contributed by atoms with Gasteiger partial charge >= 0.3 is 0 Å². The number of nitrogens with zero attached hydrogens (tertiary/aromatic N) is 2. The number of carbonyl (C=O) groups excluding carboxylic acids is 3. The van der Waals surface area contributed by atoms with E-state index in [2.05, 4.69) is 0 Å². The number of hydrogen-bond donors (Lipinski definition) is 0. The van der Waals surface area contributed by atoms with E-state index in [9.17, 15) is 18.8 Å². The van der Waals surface area contributed by atoms with Crippen LogP contribution in [0.5, 0.6) is 0 Å². The zero-order valence-electron chi connectivity index (χ0n) is 15.3. The Balaban J connectivity index is 1.67. The standard InChI is InChI=1S/C22H17FN2O3S/c23-16-10-8-15(9-11-16)14-24(22(28)19-7-4-12-29-19)18-13-20(26)25(21(18)27)17-5-2-1-3-6-17/h1-12,18H,13-14H2. The van der Waals surface area contributed by atoms with Gasteiger partial charge in [-0.3, -0.25) is 14.4 Å². The van der Waals surface area contributed by atoms with Gasteiger partial charge in [0, 0.05) is 6.54 Å². The fraction of sp³-hybridized carbons (Fsp3) is 0.136. The highest BCUT2D eigenvalue weighted by atomic mass is 32.1. The molecule has 1 aliphatic rings. The van der Waals surface area contributed by atoms with E-state index in [1.807, 2.05) is 0 Å². The molecular formula is C22H17FN2O3S. The van der Waals surface area contributed by atoms with Crippen molar-refractivity contribution in [1.82, 2.24) is 4.90 Å². The molecule has 29 heavy (non-hydrogen) atoms. The largest absolute Gasteiger partial charge is 0.321 e. The number of para-hydroxylation sites is 1. The smallest absolute Gasteiger partial charge is 0.264 e. The van der Waals surface area contributed by atoms with Crippen molar-refractivity contribution in [1.29, 1.82) is 0 Å². The van der Waals surface area contributed by atoms with Crippen LogP contribution in [0.2, 0.25) is 0 Å². The Morgan fingerprint density at radius 1 is 1.03 bits per heavy atom. The van der Waals surface area contributed by atoms with Gasteiger partial charge in [-0.05, 0) is 41.3 Å². The first-order valence-electron chi connectivity index (χ1n) is 9.05. The first-order valence-corrected chi connectivity index (χ1v) is 9.93. The maximum absolute atomic E-state index is 13.3. The molecule has 1 aromatic heterocycles. The van der Waals surface area contributed by atoms with Gasteiger partial charge in [-0.25, -0.2) is 9.29 Å². The minimum atomic E-state index is -0.914. The Kier molecular flexibility index (Phi) is 5.22. The SMILES string of the molecule is O=C1CC(N(Cc2ccc(F)cc2)C(=O)c2cccs2)C(=O)N1c1ccccc1. The Bertz CT molecular complexity index is 1040. The van der Waals surface area contributed by atoms with Crippen molar-refractivity contribution >= 4 is 34.7 Å². The van der Waals surface area contributed by atoms with Crippen LogP contribution in [-0.4, -0.2) is 28.7 Å². The minimum Gasteiger partial charge on any atom is -0.321 e. The molecule has 3 aromatic rings. The highest BCUT2D eigenvalue weighted by Crippen LogP contribution is 2.28. The molecular weight excluding hydrogens is 391 g/mol. The van der Waals surface area contributed by atoms with Crippen molar-refractivity contribution in [2.75, 3.05) is 4.90 Å². The fourth-order valence-electron chi connectivity index (χ4n) is 3.36. The van der Waals surface area contributed by atoms with Crippen LogP contribution in [0.4, 0.5) is 10.1 Å². The van der Waals surface area contributed by atoms with Crippen molar-refractivity contribution in [3.8, 4) is 0 Å². The number of benzene rings is 2. The fourth-order valence-corrected chi connectivity index (χ4v) is 4.04. The lowest BCUT2D eigenvalue weighted by Crippen LogP contribution is -2.44. The van der Waals surface area contributed by atoms with Crippen LogP contribution in [0.15, 0.2) is 72.1 Å². The summed E-state index contributed by atoms with van der Waals surface area (Å²) in [5, 5.41) is 1.78. The molecule has 4 rings (SSSR count). The zero-order valence-corrected chi connectivity index (χ0v) is 16.1. The summed E-state index contributed by atoms with van der Waals surface area (Å²) in [6.07, 6.45) is -0.0912. The first-order chi connectivity index (χ1) is 14.0. The summed E-state index contributed by atoms with van der Waals surface area (Å²) in [5.74, 6) is -1.50. The average molecular weight is 408 g/mol. The third kappa shape index (κ3) is 3.82. The van der Waals surface area contributed by atoms with Crippen LogP contribution in [-0.2, 0) is 16.1 Å². The van der Waals surface area contributed by atoms with Gasteiger partial charge in [-0.1, -0.05) is 36.4 Å². The van der Waals surface area contributed by atoms with E-state index in [1.165, 1.54) is 28.4 Å². The third-order valence-electron chi connectivity index (χ3n) is 4.77. The van der Waals surface area contributed by atoms with Crippen LogP contribution >= 0.6 is 11.3 Å². The summed E-state index contributed by atoms with van der Waals surface area (Å²) in [6.45, 7) is 0.101. The average Bonchev–Trinajstić information content (AvgIpc) is 3.36. The van der Waals surface area contributed by atoms with E-state index in [0.717, 1.165) is 4.90 Å². The highest BCUT2D eigenvalue weighted by Gasteiger charge is 2.44. The van der Waals surface area contributed by atoms with Crippen molar-refractivity contribution in [2.24, 2.45) is 0 Å². The molecule has 0 spiro atoms. The van der Waals surface area contributed by atoms with Crippen molar-refractivity contribution < 1.29 is 18.8 Å². The molecule has 0 aliphatic carbocycles. The first kappa shape index (κ1) is 19.0. The summed E-state index contributed by atoms with van der Waals surface area (Å²) < 4.78 is 13.3. The summed E-state index contributed by atoms with van der Waals surface area (Å²) >= 11 is 1.27. The van der Waals surface area contributed by atoms with E-state index in [-0.39, 0.29) is 30.6 Å². The number of anilines is 1. The summed E-state index contributed by atoms with van der Waals surface area (Å²) in [7, 11) is 0. The van der Waals surface area contributed by atoms with Gasteiger partial charge in [-0.15, -0.1) is 11.3 Å². The highest BCUT2D eigenvalue weighted by molar-refractivity contribution is 7.12. The van der Waals surface area contributed by atoms with E-state index in [1.54, 1.807) is 60.0 Å². The van der Waals surface area contributed by atoms with Crippen LogP contribution in [0, 0.1) is 5.82 Å². The second kappa shape index (κ2) is 7.97. The number of hydrogen-bond acceptors (Lipinski definition) is 4. The Labute approximate surface area is 171 Å². The van der Waals surface area contributed by atoms with E-state index < -0.39 is 11.9 Å². The molecule has 1 aliphatic heterocycles. The molecule has 1 saturated heterocycles. The summed E-state index contributed by atoms with van der Waals surface area (Å²) in [4.78, 5) is 41.9. The maximum atomic E-state index is 13.3. The lowest BCUT2D eigenvalue weighted by molar-refractivity contribution is -0.122. The van der Waals surface area contributed by atoms with Gasteiger partial charge in [0.05, 0.1) is 17.0 Å². The predicted octanol–water partition coefficient (Wildman–Crippen LogP) is 3.86. The number of imide groups is 1. The topological polar surface area (TPSA) is 57.7 Å². The number of thiophene rings is 1. The van der Waals surface area contributed by atoms with Gasteiger partial charge in [0.25, 0.3) is 11.8 Å². The van der Waals surface area contributed by atoms with Crippen molar-refractivity contribution in [3.63, 3.8) is 0 Å². The van der Waals surface area contributed by atoms with Crippen LogP contribution < -0.4 is 4.90 Å². The zero-order chi connectivity index (χ0) is 20.4. The lowest BCUT2D eigenvalue weighted by Gasteiger charge is -2.27. The molecule has 2 aromatic carbocycles. The van der Waals surface area contributed by atoms with Crippen LogP contribution in [0.25, 0.3) is 0 Å². The molecule has 146 valence electrons. The monoisotopic (exact) mass is 408 g/mol. The number of halogens is 1. The quantitative estimate of drug-likeness (QED) is 0.603. The van der Waals surface area contributed by atoms with Gasteiger partial charge in [0.2, 0.25) is 5.91 Å². The van der Waals surface area contributed by atoms with Crippen LogP contribution in [0.1, 0.15) is 21.7 Å².